The number of likely N-dealkylation sites (tertiary alicyclic amines) is 2. The first kappa shape index (κ1) is 13.8. The van der Waals surface area contributed by atoms with E-state index in [9.17, 15) is 0 Å². The average Bonchev–Trinajstić information content (AvgIpc) is 3.11. The molecule has 110 valence electrons. The molecule has 4 nitrogen and oxygen atoms in total. The van der Waals surface area contributed by atoms with E-state index >= 15 is 0 Å². The zero-order valence-corrected chi connectivity index (χ0v) is 12.1. The molecule has 4 heteroatoms. The zero-order valence-electron chi connectivity index (χ0n) is 12.1. The molecule has 3 atom stereocenters. The van der Waals surface area contributed by atoms with Crippen LogP contribution in [-0.4, -0.2) is 67.8 Å². The van der Waals surface area contributed by atoms with E-state index in [0.29, 0.717) is 12.0 Å². The Bertz CT molecular complexity index is 275. The fourth-order valence-electron chi connectivity index (χ4n) is 4.18. The molecule has 3 aliphatic rings. The molecule has 0 saturated carbocycles. The lowest BCUT2D eigenvalue weighted by Gasteiger charge is -2.36. The molecular formula is C15H29N3O. The topological polar surface area (TPSA) is 41.7 Å². The summed E-state index contributed by atoms with van der Waals surface area (Å²) in [6, 6.07) is 1.34. The molecule has 3 heterocycles. The summed E-state index contributed by atoms with van der Waals surface area (Å²) in [4.78, 5) is 5.35. The highest BCUT2D eigenvalue weighted by molar-refractivity contribution is 4.91. The van der Waals surface area contributed by atoms with Gasteiger partial charge in [-0.15, -0.1) is 0 Å². The van der Waals surface area contributed by atoms with Gasteiger partial charge in [0.1, 0.15) is 0 Å². The fourth-order valence-corrected chi connectivity index (χ4v) is 4.18. The molecule has 3 rings (SSSR count). The number of nitrogens with zero attached hydrogens (tertiary/aromatic N) is 2. The number of ether oxygens (including phenoxy) is 1. The second-order valence-corrected chi connectivity index (χ2v) is 6.46. The third-order valence-electron chi connectivity index (χ3n) is 5.30. The smallest absolute Gasteiger partial charge is 0.0509 e. The number of nitrogens with two attached hydrogens (primary N) is 1. The number of rotatable bonds is 4. The molecule has 0 radical (unpaired) electrons. The van der Waals surface area contributed by atoms with Gasteiger partial charge in [0.05, 0.1) is 6.61 Å². The average molecular weight is 267 g/mol. The number of hydrogen-bond donors (Lipinski definition) is 1. The molecule has 0 bridgehead atoms. The lowest BCUT2D eigenvalue weighted by Crippen LogP contribution is -2.48. The Morgan fingerprint density at radius 2 is 1.95 bits per heavy atom. The fraction of sp³-hybridized carbons (Fsp3) is 1.00. The maximum Gasteiger partial charge on any atom is 0.0509 e. The zero-order chi connectivity index (χ0) is 13.1. The Labute approximate surface area is 117 Å². The van der Waals surface area contributed by atoms with Crippen molar-refractivity contribution in [1.29, 1.82) is 0 Å². The van der Waals surface area contributed by atoms with Crippen molar-refractivity contribution in [2.24, 2.45) is 11.7 Å². The first-order chi connectivity index (χ1) is 9.38. The SMILES string of the molecule is NCC(C1CCCOC1)N1CCC(N2CCCC2)C1. The Balaban J connectivity index is 1.55. The van der Waals surface area contributed by atoms with Crippen molar-refractivity contribution in [3.8, 4) is 0 Å². The molecule has 3 unspecified atom stereocenters. The summed E-state index contributed by atoms with van der Waals surface area (Å²) in [6.45, 7) is 7.77. The van der Waals surface area contributed by atoms with Gasteiger partial charge in [0.2, 0.25) is 0 Å². The van der Waals surface area contributed by atoms with E-state index in [1.54, 1.807) is 0 Å². The van der Waals surface area contributed by atoms with E-state index in [0.717, 1.165) is 25.8 Å². The minimum absolute atomic E-state index is 0.549. The van der Waals surface area contributed by atoms with Crippen molar-refractivity contribution in [3.05, 3.63) is 0 Å². The summed E-state index contributed by atoms with van der Waals surface area (Å²) < 4.78 is 5.66. The highest BCUT2D eigenvalue weighted by Gasteiger charge is 2.35. The molecule has 0 spiro atoms. The van der Waals surface area contributed by atoms with E-state index in [4.69, 9.17) is 10.5 Å². The van der Waals surface area contributed by atoms with Gasteiger partial charge in [-0.3, -0.25) is 9.80 Å². The molecular weight excluding hydrogens is 238 g/mol. The van der Waals surface area contributed by atoms with Gasteiger partial charge in [-0.25, -0.2) is 0 Å². The van der Waals surface area contributed by atoms with Gasteiger partial charge in [0.25, 0.3) is 0 Å². The summed E-state index contributed by atoms with van der Waals surface area (Å²) in [6.07, 6.45) is 6.64. The number of hydrogen-bond acceptors (Lipinski definition) is 4. The third-order valence-corrected chi connectivity index (χ3v) is 5.30. The highest BCUT2D eigenvalue weighted by Crippen LogP contribution is 2.27. The first-order valence-corrected chi connectivity index (χ1v) is 8.14. The van der Waals surface area contributed by atoms with Gasteiger partial charge >= 0.3 is 0 Å². The van der Waals surface area contributed by atoms with Gasteiger partial charge < -0.3 is 10.5 Å². The Morgan fingerprint density at radius 3 is 2.63 bits per heavy atom. The van der Waals surface area contributed by atoms with Crippen LogP contribution in [0.2, 0.25) is 0 Å². The Hall–Kier alpha value is -0.160. The van der Waals surface area contributed by atoms with Gasteiger partial charge in [-0.1, -0.05) is 0 Å². The van der Waals surface area contributed by atoms with E-state index in [2.05, 4.69) is 9.80 Å². The van der Waals surface area contributed by atoms with E-state index in [1.807, 2.05) is 0 Å². The molecule has 3 fully saturated rings. The minimum atomic E-state index is 0.549. The molecule has 2 N–H and O–H groups in total. The largest absolute Gasteiger partial charge is 0.381 e. The molecule has 3 aliphatic heterocycles. The van der Waals surface area contributed by atoms with Crippen molar-refractivity contribution >= 4 is 0 Å². The van der Waals surface area contributed by atoms with Crippen LogP contribution in [0.3, 0.4) is 0 Å². The summed E-state index contributed by atoms with van der Waals surface area (Å²) >= 11 is 0. The van der Waals surface area contributed by atoms with Gasteiger partial charge in [-0.2, -0.15) is 0 Å². The van der Waals surface area contributed by atoms with Gasteiger partial charge in [0, 0.05) is 38.3 Å². The Morgan fingerprint density at radius 1 is 1.11 bits per heavy atom. The quantitative estimate of drug-likeness (QED) is 0.822. The second kappa shape index (κ2) is 6.53. The van der Waals surface area contributed by atoms with Crippen LogP contribution < -0.4 is 5.73 Å². The molecule has 3 saturated heterocycles. The maximum absolute atomic E-state index is 6.07. The minimum Gasteiger partial charge on any atom is -0.381 e. The van der Waals surface area contributed by atoms with Crippen molar-refractivity contribution in [2.45, 2.75) is 44.2 Å². The van der Waals surface area contributed by atoms with Crippen molar-refractivity contribution in [3.63, 3.8) is 0 Å². The van der Waals surface area contributed by atoms with E-state index < -0.39 is 0 Å². The summed E-state index contributed by atoms with van der Waals surface area (Å²) in [5.74, 6) is 0.663. The molecule has 0 aromatic heterocycles. The summed E-state index contributed by atoms with van der Waals surface area (Å²) in [5, 5.41) is 0. The van der Waals surface area contributed by atoms with Crippen LogP contribution in [0.25, 0.3) is 0 Å². The first-order valence-electron chi connectivity index (χ1n) is 8.14. The maximum atomic E-state index is 6.07. The van der Waals surface area contributed by atoms with Gasteiger partial charge in [-0.05, 0) is 51.1 Å². The second-order valence-electron chi connectivity index (χ2n) is 6.46. The monoisotopic (exact) mass is 267 g/mol. The summed E-state index contributed by atoms with van der Waals surface area (Å²) in [5.41, 5.74) is 6.07. The molecule has 0 aromatic carbocycles. The third kappa shape index (κ3) is 3.13. The highest BCUT2D eigenvalue weighted by atomic mass is 16.5. The predicted molar refractivity (Wildman–Crippen MR) is 77.2 cm³/mol. The van der Waals surface area contributed by atoms with Crippen molar-refractivity contribution < 1.29 is 4.74 Å². The van der Waals surface area contributed by atoms with Crippen LogP contribution in [0, 0.1) is 5.92 Å². The molecule has 0 amide bonds. The van der Waals surface area contributed by atoms with E-state index in [-0.39, 0.29) is 0 Å². The van der Waals surface area contributed by atoms with Gasteiger partial charge in [0.15, 0.2) is 0 Å². The van der Waals surface area contributed by atoms with Crippen LogP contribution in [-0.2, 0) is 4.74 Å². The van der Waals surface area contributed by atoms with Crippen molar-refractivity contribution in [2.75, 3.05) is 45.9 Å². The van der Waals surface area contributed by atoms with E-state index in [1.165, 1.54) is 58.3 Å². The lowest BCUT2D eigenvalue weighted by molar-refractivity contribution is 0.0153. The lowest BCUT2D eigenvalue weighted by atomic mass is 9.92. The van der Waals surface area contributed by atoms with Crippen LogP contribution in [0.4, 0.5) is 0 Å². The van der Waals surface area contributed by atoms with Crippen LogP contribution in [0.1, 0.15) is 32.1 Å². The van der Waals surface area contributed by atoms with Crippen LogP contribution >= 0.6 is 0 Å². The predicted octanol–water partition coefficient (Wildman–Crippen LogP) is 0.910. The Kier molecular flexibility index (Phi) is 4.74. The molecule has 0 aromatic rings. The molecule has 0 aliphatic carbocycles. The van der Waals surface area contributed by atoms with Crippen molar-refractivity contribution in [1.82, 2.24) is 9.80 Å². The summed E-state index contributed by atoms with van der Waals surface area (Å²) in [7, 11) is 0. The normalized spacial score (nSPS) is 35.8. The van der Waals surface area contributed by atoms with Crippen LogP contribution in [0.15, 0.2) is 0 Å². The molecule has 19 heavy (non-hydrogen) atoms. The van der Waals surface area contributed by atoms with Crippen LogP contribution in [0.5, 0.6) is 0 Å². The standard InChI is InChI=1S/C15H29N3O/c16-10-15(13-4-3-9-19-12-13)18-8-5-14(11-18)17-6-1-2-7-17/h13-15H,1-12,16H2.